The molecule has 1 aliphatic carbocycles. The molecule has 0 amide bonds. The van der Waals surface area contributed by atoms with E-state index in [-0.39, 0.29) is 0 Å². The lowest BCUT2D eigenvalue weighted by Gasteiger charge is -2.41. The highest BCUT2D eigenvalue weighted by atomic mass is 15.2. The summed E-state index contributed by atoms with van der Waals surface area (Å²) < 4.78 is 1.76. The predicted molar refractivity (Wildman–Crippen MR) is 80.7 cm³/mol. The molecule has 1 heterocycles. The van der Waals surface area contributed by atoms with Gasteiger partial charge >= 0.3 is 0 Å². The smallest absolute Gasteiger partial charge is 0.0538 e. The van der Waals surface area contributed by atoms with Gasteiger partial charge in [0.2, 0.25) is 0 Å². The van der Waals surface area contributed by atoms with Crippen molar-refractivity contribution in [2.45, 2.75) is 59.0 Å². The molecule has 1 aromatic rings. The summed E-state index contributed by atoms with van der Waals surface area (Å²) in [7, 11) is 0. The van der Waals surface area contributed by atoms with E-state index in [2.05, 4.69) is 37.8 Å². The van der Waals surface area contributed by atoms with Gasteiger partial charge in [0.1, 0.15) is 0 Å². The van der Waals surface area contributed by atoms with E-state index in [0.29, 0.717) is 11.5 Å². The topological polar surface area (TPSA) is 29.9 Å². The van der Waals surface area contributed by atoms with Crippen LogP contribution in [0.4, 0.5) is 0 Å². The Kier molecular flexibility index (Phi) is 4.46. The highest BCUT2D eigenvalue weighted by Gasteiger charge is 2.33. The Hall–Kier alpha value is -1.09. The quantitative estimate of drug-likeness (QED) is 0.896. The van der Waals surface area contributed by atoms with E-state index >= 15 is 0 Å². The minimum Gasteiger partial charge on any atom is -0.310 e. The number of hydrogen-bond acceptors (Lipinski definition) is 2. The first-order chi connectivity index (χ1) is 9.00. The monoisotopic (exact) mass is 261 g/mol. The maximum absolute atomic E-state index is 4.22. The van der Waals surface area contributed by atoms with Gasteiger partial charge in [-0.05, 0) is 24.2 Å². The van der Waals surface area contributed by atoms with Crippen LogP contribution in [0.5, 0.6) is 0 Å². The molecule has 0 aromatic carbocycles. The van der Waals surface area contributed by atoms with Crippen LogP contribution in [-0.2, 0) is 6.54 Å². The van der Waals surface area contributed by atoms with Crippen LogP contribution in [0.2, 0.25) is 0 Å². The molecule has 1 aliphatic rings. The van der Waals surface area contributed by atoms with E-state index in [1.807, 2.05) is 12.4 Å². The van der Waals surface area contributed by atoms with Gasteiger partial charge in [0.15, 0.2) is 0 Å². The van der Waals surface area contributed by atoms with Gasteiger partial charge in [-0.1, -0.05) is 40.2 Å². The highest BCUT2D eigenvalue weighted by molar-refractivity contribution is 5.17. The zero-order chi connectivity index (χ0) is 13.9. The average Bonchev–Trinajstić information content (AvgIpc) is 2.83. The second kappa shape index (κ2) is 5.91. The Bertz CT molecular complexity index is 414. The number of hydrogen-bond donors (Lipinski definition) is 1. The van der Waals surface area contributed by atoms with Gasteiger partial charge in [-0.3, -0.25) is 0 Å². The maximum Gasteiger partial charge on any atom is 0.0538 e. The predicted octanol–water partition coefficient (Wildman–Crippen LogP) is 3.68. The molecular formula is C16H27N3. The Labute approximate surface area is 117 Å². The molecule has 2 atom stereocenters. The van der Waals surface area contributed by atoms with E-state index in [4.69, 9.17) is 0 Å². The lowest BCUT2D eigenvalue weighted by molar-refractivity contribution is 0.130. The second-order valence-corrected chi connectivity index (χ2v) is 6.76. The first kappa shape index (κ1) is 14.3. The summed E-state index contributed by atoms with van der Waals surface area (Å²) in [4.78, 5) is 0. The Morgan fingerprint density at radius 3 is 2.79 bits per heavy atom. The summed E-state index contributed by atoms with van der Waals surface area (Å²) in [5.74, 6) is 0.774. The lowest BCUT2D eigenvalue weighted by Crippen LogP contribution is -2.43. The molecule has 3 heteroatoms. The minimum atomic E-state index is 0.392. The summed E-state index contributed by atoms with van der Waals surface area (Å²) in [5.41, 5.74) is 1.63. The summed E-state index contributed by atoms with van der Waals surface area (Å²) in [6.45, 7) is 11.7. The number of rotatable bonds is 4. The van der Waals surface area contributed by atoms with Crippen LogP contribution in [-0.4, -0.2) is 15.8 Å². The van der Waals surface area contributed by atoms with Crippen molar-refractivity contribution in [3.8, 4) is 0 Å². The van der Waals surface area contributed by atoms with Crippen molar-refractivity contribution < 1.29 is 0 Å². The number of nitrogens with zero attached hydrogens (tertiary/aromatic N) is 2. The molecule has 1 aromatic heterocycles. The Morgan fingerprint density at radius 1 is 1.42 bits per heavy atom. The second-order valence-electron chi connectivity index (χ2n) is 6.76. The molecule has 106 valence electrons. The van der Waals surface area contributed by atoms with Crippen molar-refractivity contribution in [2.24, 2.45) is 11.3 Å². The van der Waals surface area contributed by atoms with Gasteiger partial charge in [-0.15, -0.1) is 0 Å². The fourth-order valence-electron chi connectivity index (χ4n) is 3.23. The van der Waals surface area contributed by atoms with Crippen molar-refractivity contribution in [3.63, 3.8) is 0 Å². The molecular weight excluding hydrogens is 234 g/mol. The van der Waals surface area contributed by atoms with Crippen molar-refractivity contribution in [3.05, 3.63) is 24.5 Å². The molecule has 0 radical (unpaired) electrons. The molecule has 0 saturated heterocycles. The van der Waals surface area contributed by atoms with E-state index in [0.717, 1.165) is 12.5 Å². The van der Waals surface area contributed by atoms with Crippen LogP contribution in [0.15, 0.2) is 19.0 Å². The lowest BCUT2D eigenvalue weighted by atomic mass is 9.69. The van der Waals surface area contributed by atoms with Crippen molar-refractivity contribution in [1.29, 1.82) is 0 Å². The largest absolute Gasteiger partial charge is 0.310 e. The molecule has 2 rings (SSSR count). The van der Waals surface area contributed by atoms with Crippen molar-refractivity contribution in [2.75, 3.05) is 0 Å². The molecule has 1 saturated carbocycles. The van der Waals surface area contributed by atoms with Crippen LogP contribution < -0.4 is 5.32 Å². The van der Waals surface area contributed by atoms with E-state index in [9.17, 15) is 0 Å². The van der Waals surface area contributed by atoms with Crippen molar-refractivity contribution in [1.82, 2.24) is 15.1 Å². The fourth-order valence-corrected chi connectivity index (χ4v) is 3.23. The van der Waals surface area contributed by atoms with Gasteiger partial charge in [0.25, 0.3) is 0 Å². The molecule has 1 fully saturated rings. The van der Waals surface area contributed by atoms with Gasteiger partial charge in [-0.2, -0.15) is 5.10 Å². The molecule has 0 aliphatic heterocycles. The SMILES string of the molecule is C=Cn1cc(CNC2CCCCC2C(C)(C)C)cn1. The van der Waals surface area contributed by atoms with Gasteiger partial charge in [0.05, 0.1) is 6.20 Å². The van der Waals surface area contributed by atoms with Crippen molar-refractivity contribution >= 4 is 6.20 Å². The first-order valence-corrected chi connectivity index (χ1v) is 7.39. The Balaban J connectivity index is 1.94. The van der Waals surface area contributed by atoms with Crippen LogP contribution in [0.3, 0.4) is 0 Å². The molecule has 19 heavy (non-hydrogen) atoms. The third kappa shape index (κ3) is 3.69. The first-order valence-electron chi connectivity index (χ1n) is 7.39. The standard InChI is InChI=1S/C16H27N3/c1-5-19-12-13(11-18-19)10-17-15-9-7-6-8-14(15)16(2,3)4/h5,11-12,14-15,17H,1,6-10H2,2-4H3. The normalized spacial score (nSPS) is 24.4. The van der Waals surface area contributed by atoms with Gasteiger partial charge in [-0.25, -0.2) is 4.68 Å². The number of nitrogens with one attached hydrogen (secondary N) is 1. The summed E-state index contributed by atoms with van der Waals surface area (Å²) in [5, 5.41) is 7.97. The number of aromatic nitrogens is 2. The highest BCUT2D eigenvalue weighted by Crippen LogP contribution is 2.38. The molecule has 3 nitrogen and oxygen atoms in total. The van der Waals surface area contributed by atoms with Crippen LogP contribution in [0.1, 0.15) is 52.0 Å². The third-order valence-corrected chi connectivity index (χ3v) is 4.29. The molecule has 0 spiro atoms. The van der Waals surface area contributed by atoms with Gasteiger partial charge < -0.3 is 5.32 Å². The van der Waals surface area contributed by atoms with E-state index < -0.39 is 0 Å². The van der Waals surface area contributed by atoms with Gasteiger partial charge in [0, 0.05) is 30.5 Å². The minimum absolute atomic E-state index is 0.392. The van der Waals surface area contributed by atoms with E-state index in [1.165, 1.54) is 31.2 Å². The maximum atomic E-state index is 4.22. The Morgan fingerprint density at radius 2 is 2.16 bits per heavy atom. The van der Waals surface area contributed by atoms with Crippen LogP contribution in [0, 0.1) is 11.3 Å². The molecule has 0 bridgehead atoms. The average molecular weight is 261 g/mol. The molecule has 1 N–H and O–H groups in total. The third-order valence-electron chi connectivity index (χ3n) is 4.29. The zero-order valence-corrected chi connectivity index (χ0v) is 12.5. The zero-order valence-electron chi connectivity index (χ0n) is 12.5. The van der Waals surface area contributed by atoms with Crippen LogP contribution in [0.25, 0.3) is 6.20 Å². The van der Waals surface area contributed by atoms with E-state index in [1.54, 1.807) is 10.9 Å². The van der Waals surface area contributed by atoms with Crippen LogP contribution >= 0.6 is 0 Å². The summed E-state index contributed by atoms with van der Waals surface area (Å²) in [6.07, 6.45) is 11.1. The summed E-state index contributed by atoms with van der Waals surface area (Å²) >= 11 is 0. The molecule has 2 unspecified atom stereocenters. The fraction of sp³-hybridized carbons (Fsp3) is 0.688. The summed E-state index contributed by atoms with van der Waals surface area (Å²) in [6, 6.07) is 0.640.